The summed E-state index contributed by atoms with van der Waals surface area (Å²) in [4.78, 5) is 22.7. The molecule has 0 bridgehead atoms. The van der Waals surface area contributed by atoms with Crippen LogP contribution in [0.4, 0.5) is 13.2 Å². The third-order valence-corrected chi connectivity index (χ3v) is 4.41. The molecule has 2 heterocycles. The lowest BCUT2D eigenvalue weighted by molar-refractivity contribution is -0.137. The number of furan rings is 1. The molecule has 2 aromatic heterocycles. The van der Waals surface area contributed by atoms with Crippen LogP contribution in [0.25, 0.3) is 11.3 Å². The average molecular weight is 396 g/mol. The monoisotopic (exact) mass is 396 g/mol. The Morgan fingerprint density at radius 1 is 1.15 bits per heavy atom. The third-order valence-electron chi connectivity index (χ3n) is 3.54. The number of esters is 1. The highest BCUT2D eigenvalue weighted by molar-refractivity contribution is 7.12. The summed E-state index contributed by atoms with van der Waals surface area (Å²) in [6, 6.07) is 7.02. The van der Waals surface area contributed by atoms with Gasteiger partial charge in [0.05, 0.1) is 18.2 Å². The second kappa shape index (κ2) is 7.28. The number of hydrogen-bond acceptors (Lipinski definition) is 6. The molecule has 0 spiro atoms. The van der Waals surface area contributed by atoms with Crippen LogP contribution in [0.1, 0.15) is 25.8 Å². The lowest BCUT2D eigenvalue weighted by Crippen LogP contribution is -2.05. The Balaban J connectivity index is 2.08. The van der Waals surface area contributed by atoms with E-state index in [9.17, 15) is 22.8 Å². The van der Waals surface area contributed by atoms with Gasteiger partial charge in [-0.05, 0) is 41.8 Å². The summed E-state index contributed by atoms with van der Waals surface area (Å²) in [5.74, 6) is -0.490. The Bertz CT molecular complexity index is 987. The fourth-order valence-electron chi connectivity index (χ4n) is 2.29. The first-order valence-corrected chi connectivity index (χ1v) is 8.31. The molecule has 0 unspecified atom stereocenters. The number of halogens is 3. The number of benzene rings is 1. The van der Waals surface area contributed by atoms with E-state index in [1.165, 1.54) is 25.3 Å². The topological polar surface area (TPSA) is 65.7 Å². The summed E-state index contributed by atoms with van der Waals surface area (Å²) in [6.45, 7) is 0. The number of ether oxygens (including phenoxy) is 2. The Morgan fingerprint density at radius 2 is 1.93 bits per heavy atom. The first-order valence-electron chi connectivity index (χ1n) is 7.43. The minimum atomic E-state index is -4.58. The first-order chi connectivity index (χ1) is 12.8. The largest absolute Gasteiger partial charge is 0.465 e. The zero-order chi connectivity index (χ0) is 19.6. The van der Waals surface area contributed by atoms with Gasteiger partial charge in [0.1, 0.15) is 11.5 Å². The molecule has 9 heteroatoms. The minimum absolute atomic E-state index is 0.0139. The van der Waals surface area contributed by atoms with Crippen molar-refractivity contribution < 1.29 is 36.7 Å². The van der Waals surface area contributed by atoms with Gasteiger partial charge >= 0.3 is 12.1 Å². The quantitative estimate of drug-likeness (QED) is 0.426. The molecule has 1 aromatic carbocycles. The van der Waals surface area contributed by atoms with Crippen molar-refractivity contribution in [3.05, 3.63) is 58.0 Å². The lowest BCUT2D eigenvalue weighted by atomic mass is 10.1. The van der Waals surface area contributed by atoms with E-state index in [1.807, 2.05) is 0 Å². The molecule has 0 fully saturated rings. The van der Waals surface area contributed by atoms with Crippen LogP contribution in [0.3, 0.4) is 0 Å². The normalized spacial score (nSPS) is 11.3. The second-order valence-corrected chi connectivity index (χ2v) is 6.15. The van der Waals surface area contributed by atoms with Crippen LogP contribution >= 0.6 is 11.3 Å². The molecule has 27 heavy (non-hydrogen) atoms. The summed E-state index contributed by atoms with van der Waals surface area (Å²) in [7, 11) is 1.21. The standard InChI is InChI=1S/C18H11F3O5S/c1-24-17(23)16-15(6-7-27-16)26-14-4-2-10(18(19,20)21)8-12(14)13-5-3-11(9-22)25-13/h2-9H,1H3. The molecule has 140 valence electrons. The number of hydrogen-bond donors (Lipinski definition) is 0. The SMILES string of the molecule is COC(=O)c1sccc1Oc1ccc(C(F)(F)F)cc1-c1ccc(C=O)o1. The number of rotatable bonds is 5. The van der Waals surface area contributed by atoms with Crippen LogP contribution < -0.4 is 4.74 Å². The number of methoxy groups -OCH3 is 1. The Morgan fingerprint density at radius 3 is 2.56 bits per heavy atom. The van der Waals surface area contributed by atoms with Gasteiger partial charge in [-0.2, -0.15) is 13.2 Å². The maximum atomic E-state index is 13.1. The van der Waals surface area contributed by atoms with Crippen molar-refractivity contribution in [1.82, 2.24) is 0 Å². The Kier molecular flexibility index (Phi) is 5.04. The summed E-state index contributed by atoms with van der Waals surface area (Å²) in [5, 5.41) is 1.59. The lowest BCUT2D eigenvalue weighted by Gasteiger charge is -2.13. The van der Waals surface area contributed by atoms with Crippen molar-refractivity contribution >= 4 is 23.6 Å². The molecule has 3 rings (SSSR count). The molecule has 5 nitrogen and oxygen atoms in total. The van der Waals surface area contributed by atoms with Gasteiger partial charge in [0.15, 0.2) is 22.7 Å². The van der Waals surface area contributed by atoms with E-state index in [0.717, 1.165) is 29.5 Å². The highest BCUT2D eigenvalue weighted by Gasteiger charge is 2.32. The van der Waals surface area contributed by atoms with Gasteiger partial charge in [0.25, 0.3) is 0 Å². The number of thiophene rings is 1. The van der Waals surface area contributed by atoms with E-state index in [0.29, 0.717) is 6.29 Å². The van der Waals surface area contributed by atoms with Crippen molar-refractivity contribution in [3.63, 3.8) is 0 Å². The van der Waals surface area contributed by atoms with Crippen molar-refractivity contribution in [2.75, 3.05) is 7.11 Å². The zero-order valence-corrected chi connectivity index (χ0v) is 14.5. The first kappa shape index (κ1) is 18.7. The van der Waals surface area contributed by atoms with Crippen LogP contribution in [0, 0.1) is 0 Å². The maximum absolute atomic E-state index is 13.1. The molecule has 0 saturated heterocycles. The number of aldehydes is 1. The van der Waals surface area contributed by atoms with Gasteiger partial charge in [-0.25, -0.2) is 4.79 Å². The predicted octanol–water partition coefficient (Wildman–Crippen LogP) is 5.42. The summed E-state index contributed by atoms with van der Waals surface area (Å²) < 4.78 is 54.8. The van der Waals surface area contributed by atoms with E-state index >= 15 is 0 Å². The van der Waals surface area contributed by atoms with Gasteiger partial charge in [0, 0.05) is 0 Å². The fourth-order valence-corrected chi connectivity index (χ4v) is 3.02. The van der Waals surface area contributed by atoms with E-state index < -0.39 is 17.7 Å². The van der Waals surface area contributed by atoms with E-state index in [-0.39, 0.29) is 33.5 Å². The summed E-state index contributed by atoms with van der Waals surface area (Å²) in [6.07, 6.45) is -4.14. The summed E-state index contributed by atoms with van der Waals surface area (Å²) >= 11 is 1.07. The van der Waals surface area contributed by atoms with Gasteiger partial charge in [-0.3, -0.25) is 4.79 Å². The smallest absolute Gasteiger partial charge is 0.416 e. The van der Waals surface area contributed by atoms with Crippen LogP contribution in [0.15, 0.2) is 46.2 Å². The van der Waals surface area contributed by atoms with Crippen LogP contribution in [-0.2, 0) is 10.9 Å². The van der Waals surface area contributed by atoms with Crippen molar-refractivity contribution in [2.24, 2.45) is 0 Å². The van der Waals surface area contributed by atoms with Crippen LogP contribution in [0.5, 0.6) is 11.5 Å². The molecule has 0 aliphatic heterocycles. The number of alkyl halides is 3. The molecule has 0 amide bonds. The van der Waals surface area contributed by atoms with Crippen LogP contribution in [-0.4, -0.2) is 19.4 Å². The average Bonchev–Trinajstić information content (AvgIpc) is 3.29. The van der Waals surface area contributed by atoms with Gasteiger partial charge in [-0.15, -0.1) is 11.3 Å². The highest BCUT2D eigenvalue weighted by atomic mass is 32.1. The molecule has 0 N–H and O–H groups in total. The maximum Gasteiger partial charge on any atom is 0.416 e. The molecular formula is C18H11F3O5S. The predicted molar refractivity (Wildman–Crippen MR) is 90.3 cm³/mol. The summed E-state index contributed by atoms with van der Waals surface area (Å²) in [5.41, 5.74) is -0.924. The van der Waals surface area contributed by atoms with Crippen molar-refractivity contribution in [2.45, 2.75) is 6.18 Å². The van der Waals surface area contributed by atoms with Crippen molar-refractivity contribution in [3.8, 4) is 22.8 Å². The number of carbonyl (C=O) groups excluding carboxylic acids is 2. The van der Waals surface area contributed by atoms with Gasteiger partial charge in [0.2, 0.25) is 0 Å². The zero-order valence-electron chi connectivity index (χ0n) is 13.7. The van der Waals surface area contributed by atoms with E-state index in [2.05, 4.69) is 4.74 Å². The Hall–Kier alpha value is -3.07. The second-order valence-electron chi connectivity index (χ2n) is 5.24. The molecular weight excluding hydrogens is 385 g/mol. The molecule has 0 aliphatic rings. The third kappa shape index (κ3) is 3.87. The minimum Gasteiger partial charge on any atom is -0.465 e. The van der Waals surface area contributed by atoms with E-state index in [4.69, 9.17) is 9.15 Å². The fraction of sp³-hybridized carbons (Fsp3) is 0.111. The molecule has 0 saturated carbocycles. The van der Waals surface area contributed by atoms with E-state index in [1.54, 1.807) is 5.38 Å². The molecule has 3 aromatic rings. The van der Waals surface area contributed by atoms with Gasteiger partial charge in [-0.1, -0.05) is 0 Å². The number of carbonyl (C=O) groups is 2. The Labute approximate surface area is 154 Å². The highest BCUT2D eigenvalue weighted by Crippen LogP contribution is 2.40. The molecule has 0 aliphatic carbocycles. The van der Waals surface area contributed by atoms with Crippen LogP contribution in [0.2, 0.25) is 0 Å². The van der Waals surface area contributed by atoms with Crippen molar-refractivity contribution in [1.29, 1.82) is 0 Å². The molecule has 0 radical (unpaired) electrons. The van der Waals surface area contributed by atoms with Gasteiger partial charge < -0.3 is 13.9 Å². The molecule has 0 atom stereocenters.